The smallest absolute Gasteiger partial charge is 0.142 e. The lowest BCUT2D eigenvalue weighted by atomic mass is 9.94. The molecule has 1 aromatic heterocycles. The lowest BCUT2D eigenvalue weighted by Crippen LogP contribution is -2.29. The maximum Gasteiger partial charge on any atom is 0.142 e. The molecule has 2 aromatic rings. The first-order valence-corrected chi connectivity index (χ1v) is 10.6. The minimum absolute atomic E-state index is 0.176. The van der Waals surface area contributed by atoms with Gasteiger partial charge in [0.1, 0.15) is 11.9 Å². The molecule has 0 amide bonds. The van der Waals surface area contributed by atoms with Crippen LogP contribution in [0.15, 0.2) is 30.5 Å². The molecular weight excluding hydrogens is 372 g/mol. The Balaban J connectivity index is 1.79. The zero-order valence-corrected chi connectivity index (χ0v) is 18.3. The van der Waals surface area contributed by atoms with Crippen molar-refractivity contribution in [3.8, 4) is 0 Å². The number of ether oxygens (including phenoxy) is 1. The van der Waals surface area contributed by atoms with E-state index in [1.54, 1.807) is 0 Å². The van der Waals surface area contributed by atoms with Gasteiger partial charge in [-0.3, -0.25) is 0 Å². The molecule has 1 fully saturated rings. The molecule has 5 nitrogen and oxygen atoms in total. The van der Waals surface area contributed by atoms with E-state index in [1.165, 1.54) is 18.5 Å². The van der Waals surface area contributed by atoms with Crippen molar-refractivity contribution in [3.05, 3.63) is 52.6 Å². The van der Waals surface area contributed by atoms with Gasteiger partial charge in [0.2, 0.25) is 0 Å². The molecule has 0 saturated carbocycles. The first-order valence-electron chi connectivity index (χ1n) is 10.2. The van der Waals surface area contributed by atoms with E-state index in [0.717, 1.165) is 42.5 Å². The van der Waals surface area contributed by atoms with E-state index >= 15 is 0 Å². The number of imidazole rings is 1. The van der Waals surface area contributed by atoms with Crippen molar-refractivity contribution < 1.29 is 4.74 Å². The van der Waals surface area contributed by atoms with Crippen LogP contribution in [-0.4, -0.2) is 66.7 Å². The van der Waals surface area contributed by atoms with Crippen molar-refractivity contribution in [1.82, 2.24) is 19.4 Å². The molecule has 1 aromatic carbocycles. The van der Waals surface area contributed by atoms with E-state index in [2.05, 4.69) is 48.8 Å². The van der Waals surface area contributed by atoms with Crippen molar-refractivity contribution in [2.75, 3.05) is 47.4 Å². The van der Waals surface area contributed by atoms with Crippen LogP contribution < -0.4 is 0 Å². The number of likely N-dealkylation sites (tertiary alicyclic amines) is 1. The minimum atomic E-state index is -0.176. The Labute approximate surface area is 174 Å². The maximum atomic E-state index is 6.34. The van der Waals surface area contributed by atoms with Crippen LogP contribution in [0.25, 0.3) is 0 Å². The summed E-state index contributed by atoms with van der Waals surface area (Å²) in [7, 11) is 8.44. The van der Waals surface area contributed by atoms with Crippen LogP contribution >= 0.6 is 11.6 Å². The van der Waals surface area contributed by atoms with Gasteiger partial charge < -0.3 is 19.1 Å². The monoisotopic (exact) mass is 404 g/mol. The Morgan fingerprint density at radius 1 is 1.18 bits per heavy atom. The first kappa shape index (κ1) is 21.3. The number of benzene rings is 1. The topological polar surface area (TPSA) is 33.5 Å². The summed E-state index contributed by atoms with van der Waals surface area (Å²) in [5.74, 6) is 1.51. The fourth-order valence-corrected chi connectivity index (χ4v) is 3.91. The summed E-state index contributed by atoms with van der Waals surface area (Å²) in [6, 6.07) is 7.94. The molecule has 6 heteroatoms. The molecule has 3 rings (SSSR count). The number of aryl methyl sites for hydroxylation is 1. The summed E-state index contributed by atoms with van der Waals surface area (Å²) < 4.78 is 8.48. The second kappa shape index (κ2) is 9.88. The molecule has 1 atom stereocenters. The zero-order valence-electron chi connectivity index (χ0n) is 17.6. The predicted molar refractivity (Wildman–Crippen MR) is 115 cm³/mol. The summed E-state index contributed by atoms with van der Waals surface area (Å²) in [6.45, 7) is 3.98. The lowest BCUT2D eigenvalue weighted by Gasteiger charge is -2.27. The number of hydrogen-bond acceptors (Lipinski definition) is 4. The van der Waals surface area contributed by atoms with E-state index < -0.39 is 0 Å². The lowest BCUT2D eigenvalue weighted by molar-refractivity contribution is 0.0671. The summed E-state index contributed by atoms with van der Waals surface area (Å²) in [5.41, 5.74) is 2.29. The molecule has 154 valence electrons. The van der Waals surface area contributed by atoms with Gasteiger partial charge in [0.25, 0.3) is 0 Å². The molecule has 0 bridgehead atoms. The largest absolute Gasteiger partial charge is 0.365 e. The highest BCUT2D eigenvalue weighted by Crippen LogP contribution is 2.31. The number of nitrogens with zero attached hydrogens (tertiary/aromatic N) is 4. The van der Waals surface area contributed by atoms with E-state index in [0.29, 0.717) is 12.5 Å². The van der Waals surface area contributed by atoms with E-state index in [1.807, 2.05) is 24.3 Å². The van der Waals surface area contributed by atoms with Gasteiger partial charge in [-0.2, -0.15) is 0 Å². The average molecular weight is 405 g/mol. The second-order valence-corrected chi connectivity index (χ2v) is 8.61. The predicted octanol–water partition coefficient (Wildman–Crippen LogP) is 3.94. The van der Waals surface area contributed by atoms with Crippen molar-refractivity contribution in [2.45, 2.75) is 31.3 Å². The van der Waals surface area contributed by atoms with Gasteiger partial charge in [-0.05, 0) is 77.7 Å². The fraction of sp³-hybridized carbons (Fsp3) is 0.591. The third-order valence-corrected chi connectivity index (χ3v) is 5.76. The van der Waals surface area contributed by atoms with Crippen LogP contribution in [0.3, 0.4) is 0 Å². The van der Waals surface area contributed by atoms with Crippen LogP contribution in [-0.2, 0) is 11.8 Å². The number of hydrogen-bond donors (Lipinski definition) is 0. The van der Waals surface area contributed by atoms with E-state index in [4.69, 9.17) is 21.3 Å². The molecule has 0 aliphatic carbocycles. The van der Waals surface area contributed by atoms with Crippen LogP contribution in [0.1, 0.15) is 48.4 Å². The van der Waals surface area contributed by atoms with Gasteiger partial charge in [-0.15, -0.1) is 0 Å². The zero-order chi connectivity index (χ0) is 20.1. The summed E-state index contributed by atoms with van der Waals surface area (Å²) >= 11 is 6.10. The first-order chi connectivity index (χ1) is 13.4. The number of rotatable bonds is 8. The Bertz CT molecular complexity index is 735. The van der Waals surface area contributed by atoms with Crippen LogP contribution in [0.4, 0.5) is 0 Å². The molecule has 2 heterocycles. The minimum Gasteiger partial charge on any atom is -0.365 e. The molecule has 0 spiro atoms. The SMILES string of the molecule is CN(C)CCCOC(c1ccc(Cl)cc1)c1nc(C2CCN(C)CC2)cn1C. The molecular formula is C22H33ClN4O. The Hall–Kier alpha value is -1.40. The van der Waals surface area contributed by atoms with Gasteiger partial charge in [0.15, 0.2) is 0 Å². The summed E-state index contributed by atoms with van der Waals surface area (Å²) in [4.78, 5) is 9.62. The third kappa shape index (κ3) is 5.57. The number of halogens is 1. The second-order valence-electron chi connectivity index (χ2n) is 8.17. The molecule has 0 radical (unpaired) electrons. The molecule has 1 aliphatic rings. The van der Waals surface area contributed by atoms with Crippen LogP contribution in [0.5, 0.6) is 0 Å². The van der Waals surface area contributed by atoms with Crippen LogP contribution in [0, 0.1) is 0 Å². The standard InChI is InChI=1S/C22H33ClN4O/c1-25(2)12-5-15-28-21(18-6-8-19(23)9-7-18)22-24-20(16-27(22)4)17-10-13-26(3)14-11-17/h6-9,16-17,21H,5,10-15H2,1-4H3. The summed E-state index contributed by atoms with van der Waals surface area (Å²) in [6.07, 6.45) is 5.34. The molecule has 0 N–H and O–H groups in total. The van der Waals surface area contributed by atoms with E-state index in [9.17, 15) is 0 Å². The van der Waals surface area contributed by atoms with Gasteiger partial charge in [0, 0.05) is 30.8 Å². The maximum absolute atomic E-state index is 6.34. The Morgan fingerprint density at radius 2 is 1.86 bits per heavy atom. The van der Waals surface area contributed by atoms with Gasteiger partial charge in [0.05, 0.1) is 5.69 Å². The highest BCUT2D eigenvalue weighted by atomic mass is 35.5. The van der Waals surface area contributed by atoms with Crippen molar-refractivity contribution in [2.24, 2.45) is 7.05 Å². The molecule has 1 aliphatic heterocycles. The van der Waals surface area contributed by atoms with Gasteiger partial charge in [-0.1, -0.05) is 23.7 Å². The van der Waals surface area contributed by atoms with Crippen LogP contribution in [0.2, 0.25) is 5.02 Å². The summed E-state index contributed by atoms with van der Waals surface area (Å²) in [5, 5.41) is 0.738. The highest BCUT2D eigenvalue weighted by molar-refractivity contribution is 6.30. The van der Waals surface area contributed by atoms with Crippen molar-refractivity contribution >= 4 is 11.6 Å². The Kier molecular flexibility index (Phi) is 7.52. The van der Waals surface area contributed by atoms with Crippen molar-refractivity contribution in [1.29, 1.82) is 0 Å². The Morgan fingerprint density at radius 3 is 2.50 bits per heavy atom. The average Bonchev–Trinajstić information content (AvgIpc) is 3.04. The normalized spacial score (nSPS) is 17.4. The quantitative estimate of drug-likeness (QED) is 0.624. The molecule has 1 saturated heterocycles. The van der Waals surface area contributed by atoms with Gasteiger partial charge >= 0.3 is 0 Å². The number of piperidine rings is 1. The van der Waals surface area contributed by atoms with Gasteiger partial charge in [-0.25, -0.2) is 4.98 Å². The third-order valence-electron chi connectivity index (χ3n) is 5.51. The molecule has 1 unspecified atom stereocenters. The fourth-order valence-electron chi connectivity index (χ4n) is 3.79. The molecule has 28 heavy (non-hydrogen) atoms. The number of aromatic nitrogens is 2. The van der Waals surface area contributed by atoms with Crippen molar-refractivity contribution in [3.63, 3.8) is 0 Å². The highest BCUT2D eigenvalue weighted by Gasteiger charge is 2.25. The van der Waals surface area contributed by atoms with E-state index in [-0.39, 0.29) is 6.10 Å².